The van der Waals surface area contributed by atoms with Crippen LogP contribution in [0.5, 0.6) is 0 Å². The zero-order chi connectivity index (χ0) is 15.0. The van der Waals surface area contributed by atoms with Crippen LogP contribution in [0.15, 0.2) is 22.7 Å². The topological polar surface area (TPSA) is 78.9 Å². The summed E-state index contributed by atoms with van der Waals surface area (Å²) in [5, 5.41) is 11.8. The molecule has 2 bridgehead atoms. The lowest BCUT2D eigenvalue weighted by molar-refractivity contribution is -0.0219. The Morgan fingerprint density at radius 3 is 2.57 bits per heavy atom. The average molecular weight is 355 g/mol. The van der Waals surface area contributed by atoms with E-state index in [0.29, 0.717) is 23.2 Å². The van der Waals surface area contributed by atoms with Crippen molar-refractivity contribution >= 4 is 33.6 Å². The standard InChI is InChI=1S/C14H15BrN2O4/c15-11-4-1-8(13(18)19)5-12(11)16-14(20)17-6-9-2-3-10(7-17)21-9/h1,4-5,9-10H,2-3,6-7H2,(H,16,20)(H,18,19). The van der Waals surface area contributed by atoms with Gasteiger partial charge in [0.1, 0.15) is 0 Å². The van der Waals surface area contributed by atoms with Gasteiger partial charge in [0.25, 0.3) is 0 Å². The number of anilines is 1. The van der Waals surface area contributed by atoms with Crippen LogP contribution in [0.25, 0.3) is 0 Å². The number of likely N-dealkylation sites (tertiary alicyclic amines) is 1. The SMILES string of the molecule is O=C(O)c1ccc(Br)c(NC(=O)N2CC3CCC(C2)O3)c1. The number of morpholine rings is 1. The molecule has 2 atom stereocenters. The predicted octanol–water partition coefficient (Wildman–Crippen LogP) is 2.54. The first-order valence-electron chi connectivity index (χ1n) is 6.77. The van der Waals surface area contributed by atoms with E-state index in [0.717, 1.165) is 12.8 Å². The Morgan fingerprint density at radius 2 is 1.95 bits per heavy atom. The Balaban J connectivity index is 1.72. The normalized spacial score (nSPS) is 24.0. The maximum Gasteiger partial charge on any atom is 0.335 e. The number of urea groups is 1. The van der Waals surface area contributed by atoms with Crippen LogP contribution in [-0.4, -0.2) is 47.3 Å². The van der Waals surface area contributed by atoms with Gasteiger partial charge in [-0.25, -0.2) is 9.59 Å². The Morgan fingerprint density at radius 1 is 1.29 bits per heavy atom. The number of carboxylic acid groups (broad SMARTS) is 1. The van der Waals surface area contributed by atoms with Gasteiger partial charge in [-0.1, -0.05) is 0 Å². The Kier molecular flexibility index (Phi) is 3.86. The zero-order valence-corrected chi connectivity index (χ0v) is 12.8. The van der Waals surface area contributed by atoms with Crippen molar-refractivity contribution in [2.45, 2.75) is 25.0 Å². The van der Waals surface area contributed by atoms with Gasteiger partial charge < -0.3 is 20.1 Å². The molecule has 2 aliphatic heterocycles. The maximum absolute atomic E-state index is 12.3. The highest BCUT2D eigenvalue weighted by atomic mass is 79.9. The summed E-state index contributed by atoms with van der Waals surface area (Å²) < 4.78 is 6.34. The number of carboxylic acids is 1. The second-order valence-electron chi connectivity index (χ2n) is 5.29. The summed E-state index contributed by atoms with van der Waals surface area (Å²) in [4.78, 5) is 25.0. The van der Waals surface area contributed by atoms with Crippen molar-refractivity contribution in [1.82, 2.24) is 4.90 Å². The monoisotopic (exact) mass is 354 g/mol. The molecular formula is C14H15BrN2O4. The summed E-state index contributed by atoms with van der Waals surface area (Å²) in [6.45, 7) is 1.16. The van der Waals surface area contributed by atoms with E-state index >= 15 is 0 Å². The molecule has 1 aromatic rings. The molecule has 2 aliphatic rings. The fraction of sp³-hybridized carbons (Fsp3) is 0.429. The molecule has 0 radical (unpaired) electrons. The molecule has 6 nitrogen and oxygen atoms in total. The molecule has 21 heavy (non-hydrogen) atoms. The van der Waals surface area contributed by atoms with Gasteiger partial charge in [-0.2, -0.15) is 0 Å². The molecule has 7 heteroatoms. The molecule has 2 fully saturated rings. The van der Waals surface area contributed by atoms with Crippen molar-refractivity contribution in [3.8, 4) is 0 Å². The lowest BCUT2D eigenvalue weighted by atomic mass is 10.2. The molecule has 0 spiro atoms. The van der Waals surface area contributed by atoms with Crippen LogP contribution in [-0.2, 0) is 4.74 Å². The number of benzene rings is 1. The average Bonchev–Trinajstić information content (AvgIpc) is 2.79. The second-order valence-corrected chi connectivity index (χ2v) is 6.15. The van der Waals surface area contributed by atoms with Crippen LogP contribution in [0.2, 0.25) is 0 Å². The van der Waals surface area contributed by atoms with E-state index in [1.165, 1.54) is 12.1 Å². The lowest BCUT2D eigenvalue weighted by Gasteiger charge is -2.32. The number of rotatable bonds is 2. The highest BCUT2D eigenvalue weighted by molar-refractivity contribution is 9.10. The van der Waals surface area contributed by atoms with Gasteiger partial charge >= 0.3 is 12.0 Å². The minimum absolute atomic E-state index is 0.128. The highest BCUT2D eigenvalue weighted by Crippen LogP contribution is 2.28. The molecule has 0 aliphatic carbocycles. The number of hydrogen-bond acceptors (Lipinski definition) is 3. The Labute approximate surface area is 130 Å². The van der Waals surface area contributed by atoms with Gasteiger partial charge in [-0.05, 0) is 47.0 Å². The summed E-state index contributed by atoms with van der Waals surface area (Å²) in [5.74, 6) is -1.03. The van der Waals surface area contributed by atoms with Crippen LogP contribution < -0.4 is 5.32 Å². The Hall–Kier alpha value is -1.60. The first kappa shape index (κ1) is 14.3. The van der Waals surface area contributed by atoms with Gasteiger partial charge in [0.15, 0.2) is 0 Å². The number of nitrogens with one attached hydrogen (secondary N) is 1. The molecule has 2 amide bonds. The van der Waals surface area contributed by atoms with E-state index in [4.69, 9.17) is 9.84 Å². The molecule has 112 valence electrons. The smallest absolute Gasteiger partial charge is 0.335 e. The summed E-state index contributed by atoms with van der Waals surface area (Å²) in [6.07, 6.45) is 2.24. The molecule has 3 rings (SSSR count). The third-order valence-electron chi connectivity index (χ3n) is 3.79. The number of carbonyl (C=O) groups excluding carboxylic acids is 1. The zero-order valence-electron chi connectivity index (χ0n) is 11.2. The summed E-state index contributed by atoms with van der Waals surface area (Å²) in [5.41, 5.74) is 0.592. The molecule has 2 saturated heterocycles. The number of hydrogen-bond donors (Lipinski definition) is 2. The maximum atomic E-state index is 12.3. The van der Waals surface area contributed by atoms with E-state index in [-0.39, 0.29) is 23.8 Å². The minimum Gasteiger partial charge on any atom is -0.478 e. The van der Waals surface area contributed by atoms with Gasteiger partial charge in [-0.3, -0.25) is 0 Å². The molecular weight excluding hydrogens is 340 g/mol. The summed E-state index contributed by atoms with van der Waals surface area (Å²) in [6, 6.07) is 4.32. The molecule has 1 aromatic carbocycles. The highest BCUT2D eigenvalue weighted by Gasteiger charge is 2.35. The largest absolute Gasteiger partial charge is 0.478 e. The molecule has 0 aromatic heterocycles. The van der Waals surface area contributed by atoms with Crippen molar-refractivity contribution in [1.29, 1.82) is 0 Å². The Bertz CT molecular complexity index is 580. The van der Waals surface area contributed by atoms with Crippen LogP contribution in [0, 0.1) is 0 Å². The summed E-state index contributed by atoms with van der Waals surface area (Å²) in [7, 11) is 0. The van der Waals surface area contributed by atoms with Crippen LogP contribution in [0.4, 0.5) is 10.5 Å². The molecule has 0 saturated carbocycles. The van der Waals surface area contributed by atoms with E-state index < -0.39 is 5.97 Å². The lowest BCUT2D eigenvalue weighted by Crippen LogP contribution is -2.47. The van der Waals surface area contributed by atoms with Crippen molar-refractivity contribution < 1.29 is 19.4 Å². The van der Waals surface area contributed by atoms with Crippen molar-refractivity contribution in [2.24, 2.45) is 0 Å². The predicted molar refractivity (Wildman–Crippen MR) is 79.6 cm³/mol. The van der Waals surface area contributed by atoms with Gasteiger partial charge in [0.05, 0.1) is 23.5 Å². The number of ether oxygens (including phenoxy) is 1. The van der Waals surface area contributed by atoms with Gasteiger partial charge in [0.2, 0.25) is 0 Å². The molecule has 2 N–H and O–H groups in total. The van der Waals surface area contributed by atoms with Gasteiger partial charge in [0, 0.05) is 17.6 Å². The fourth-order valence-electron chi connectivity index (χ4n) is 2.73. The van der Waals surface area contributed by atoms with Crippen LogP contribution >= 0.6 is 15.9 Å². The number of nitrogens with zero attached hydrogens (tertiary/aromatic N) is 1. The van der Waals surface area contributed by atoms with E-state index in [2.05, 4.69) is 21.2 Å². The quantitative estimate of drug-likeness (QED) is 0.855. The van der Waals surface area contributed by atoms with Crippen molar-refractivity contribution in [3.63, 3.8) is 0 Å². The third-order valence-corrected chi connectivity index (χ3v) is 4.48. The van der Waals surface area contributed by atoms with Crippen molar-refractivity contribution in [3.05, 3.63) is 28.2 Å². The fourth-order valence-corrected chi connectivity index (χ4v) is 3.07. The number of carbonyl (C=O) groups is 2. The third kappa shape index (κ3) is 3.03. The first-order chi connectivity index (χ1) is 10.0. The van der Waals surface area contributed by atoms with Crippen molar-refractivity contribution in [2.75, 3.05) is 18.4 Å². The summed E-state index contributed by atoms with van der Waals surface area (Å²) >= 11 is 3.32. The second kappa shape index (κ2) is 5.65. The first-order valence-corrected chi connectivity index (χ1v) is 7.56. The van der Waals surface area contributed by atoms with E-state index in [1.54, 1.807) is 11.0 Å². The van der Waals surface area contributed by atoms with E-state index in [1.807, 2.05) is 0 Å². The van der Waals surface area contributed by atoms with Gasteiger partial charge in [-0.15, -0.1) is 0 Å². The van der Waals surface area contributed by atoms with E-state index in [9.17, 15) is 9.59 Å². The number of fused-ring (bicyclic) bond motifs is 2. The minimum atomic E-state index is -1.03. The number of aromatic carboxylic acids is 1. The van der Waals surface area contributed by atoms with Crippen LogP contribution in [0.1, 0.15) is 23.2 Å². The number of halogens is 1. The molecule has 2 unspecified atom stereocenters. The molecule has 2 heterocycles. The number of amides is 2. The van der Waals surface area contributed by atoms with Crippen LogP contribution in [0.3, 0.4) is 0 Å².